The summed E-state index contributed by atoms with van der Waals surface area (Å²) in [5, 5.41) is 0. The number of aromatic nitrogens is 2. The molecule has 0 aromatic carbocycles. The third-order valence-corrected chi connectivity index (χ3v) is 2.61. The summed E-state index contributed by atoms with van der Waals surface area (Å²) in [6.45, 7) is 4.45. The fourth-order valence-corrected chi connectivity index (χ4v) is 1.59. The number of rotatable bonds is 2. The van der Waals surface area contributed by atoms with E-state index in [1.54, 1.807) is 0 Å². The van der Waals surface area contributed by atoms with Gasteiger partial charge in [0.15, 0.2) is 0 Å². The van der Waals surface area contributed by atoms with Crippen molar-refractivity contribution in [2.45, 2.75) is 26.2 Å². The van der Waals surface area contributed by atoms with E-state index >= 15 is 0 Å². The maximum absolute atomic E-state index is 4.13. The Hall–Kier alpha value is -1.31. The van der Waals surface area contributed by atoms with Crippen LogP contribution in [0.5, 0.6) is 0 Å². The predicted octanol–water partition coefficient (Wildman–Crippen LogP) is 2.85. The quantitative estimate of drug-likeness (QED) is 0.684. The highest BCUT2D eigenvalue weighted by molar-refractivity contribution is 5.48. The van der Waals surface area contributed by atoms with E-state index in [9.17, 15) is 0 Å². The lowest BCUT2D eigenvalue weighted by molar-refractivity contribution is 0.698. The van der Waals surface area contributed by atoms with E-state index in [1.807, 2.05) is 18.6 Å². The molecule has 0 bridgehead atoms. The lowest BCUT2D eigenvalue weighted by Gasteiger charge is -2.08. The van der Waals surface area contributed by atoms with E-state index < -0.39 is 0 Å². The first-order valence-corrected chi connectivity index (χ1v) is 4.74. The summed E-state index contributed by atoms with van der Waals surface area (Å²) in [4.78, 5) is 4.13. The average molecular weight is 174 g/mol. The van der Waals surface area contributed by atoms with Crippen molar-refractivity contribution in [2.75, 3.05) is 0 Å². The molecule has 0 aliphatic heterocycles. The summed E-state index contributed by atoms with van der Waals surface area (Å²) >= 11 is 0. The minimum absolute atomic E-state index is 0.603. The van der Waals surface area contributed by atoms with E-state index in [4.69, 9.17) is 0 Å². The van der Waals surface area contributed by atoms with Gasteiger partial charge in [-0.2, -0.15) is 0 Å². The minimum atomic E-state index is 0.603. The van der Waals surface area contributed by atoms with Crippen LogP contribution in [0.2, 0.25) is 0 Å². The fourth-order valence-electron chi connectivity index (χ4n) is 1.59. The Kier molecular flexibility index (Phi) is 2.05. The Morgan fingerprint density at radius 1 is 1.38 bits per heavy atom. The molecule has 13 heavy (non-hydrogen) atoms. The zero-order valence-corrected chi connectivity index (χ0v) is 8.07. The topological polar surface area (TPSA) is 17.3 Å². The first kappa shape index (κ1) is 8.30. The van der Waals surface area contributed by atoms with Gasteiger partial charge in [-0.05, 0) is 30.5 Å². The molecule has 68 valence electrons. The molecular formula is C11H14N2. The van der Waals surface area contributed by atoms with Crippen molar-refractivity contribution >= 4 is 5.52 Å². The van der Waals surface area contributed by atoms with Gasteiger partial charge in [0, 0.05) is 17.4 Å². The van der Waals surface area contributed by atoms with Crippen LogP contribution < -0.4 is 0 Å². The summed E-state index contributed by atoms with van der Waals surface area (Å²) in [5.41, 5.74) is 2.58. The van der Waals surface area contributed by atoms with E-state index in [2.05, 4.69) is 35.4 Å². The molecule has 2 nitrogen and oxygen atoms in total. The third-order valence-electron chi connectivity index (χ3n) is 2.61. The summed E-state index contributed by atoms with van der Waals surface area (Å²) < 4.78 is 2.16. The zero-order valence-electron chi connectivity index (χ0n) is 8.07. The van der Waals surface area contributed by atoms with Gasteiger partial charge >= 0.3 is 0 Å². The van der Waals surface area contributed by atoms with Crippen molar-refractivity contribution in [3.05, 3.63) is 36.4 Å². The van der Waals surface area contributed by atoms with Crippen molar-refractivity contribution in [3.63, 3.8) is 0 Å². The first-order valence-electron chi connectivity index (χ1n) is 4.74. The molecule has 2 aromatic heterocycles. The Morgan fingerprint density at radius 3 is 3.00 bits per heavy atom. The largest absolute Gasteiger partial charge is 0.305 e. The highest BCUT2D eigenvalue weighted by Gasteiger charge is 2.07. The number of hydrogen-bond donors (Lipinski definition) is 0. The monoisotopic (exact) mass is 174 g/mol. The molecule has 2 aromatic rings. The lowest BCUT2D eigenvalue weighted by atomic mass is 10.1. The normalized spacial score (nSPS) is 13.4. The van der Waals surface area contributed by atoms with Crippen LogP contribution in [0.25, 0.3) is 5.52 Å². The number of nitrogens with zero attached hydrogens (tertiary/aromatic N) is 2. The molecule has 2 rings (SSSR count). The second kappa shape index (κ2) is 3.21. The lowest BCUT2D eigenvalue weighted by Crippen LogP contribution is -1.97. The van der Waals surface area contributed by atoms with E-state index in [0.717, 1.165) is 0 Å². The molecule has 2 heteroatoms. The molecule has 0 spiro atoms. The predicted molar refractivity (Wildman–Crippen MR) is 53.9 cm³/mol. The van der Waals surface area contributed by atoms with Gasteiger partial charge in [0.25, 0.3) is 0 Å². The van der Waals surface area contributed by atoms with Crippen LogP contribution >= 0.6 is 0 Å². The molecular weight excluding hydrogens is 160 g/mol. The Balaban J connectivity index is 2.57. The standard InChI is InChI=1S/C11H14N2/c1-3-9(2)11-5-4-10-6-7-12-8-13(10)11/h4-9H,3H2,1-2H3. The summed E-state index contributed by atoms with van der Waals surface area (Å²) in [5.74, 6) is 0.603. The maximum Gasteiger partial charge on any atom is 0.0992 e. The Bertz CT molecular complexity index is 403. The molecule has 0 aliphatic rings. The molecule has 0 N–H and O–H groups in total. The van der Waals surface area contributed by atoms with Crippen LogP contribution in [0.3, 0.4) is 0 Å². The first-order chi connectivity index (χ1) is 6.33. The van der Waals surface area contributed by atoms with Gasteiger partial charge in [-0.3, -0.25) is 0 Å². The van der Waals surface area contributed by atoms with Crippen molar-refractivity contribution in [1.82, 2.24) is 9.38 Å². The molecule has 0 radical (unpaired) electrons. The molecule has 0 aliphatic carbocycles. The van der Waals surface area contributed by atoms with E-state index in [1.165, 1.54) is 17.6 Å². The third kappa shape index (κ3) is 1.32. The number of fused-ring (bicyclic) bond motifs is 1. The molecule has 1 atom stereocenters. The molecule has 0 fully saturated rings. The minimum Gasteiger partial charge on any atom is -0.305 e. The fraction of sp³-hybridized carbons (Fsp3) is 0.364. The van der Waals surface area contributed by atoms with E-state index in [0.29, 0.717) is 5.92 Å². The van der Waals surface area contributed by atoms with Crippen LogP contribution in [0.4, 0.5) is 0 Å². The molecule has 0 amide bonds. The van der Waals surface area contributed by atoms with Crippen molar-refractivity contribution < 1.29 is 0 Å². The summed E-state index contributed by atoms with van der Waals surface area (Å²) in [7, 11) is 0. The van der Waals surface area contributed by atoms with Gasteiger partial charge in [0.2, 0.25) is 0 Å². The van der Waals surface area contributed by atoms with E-state index in [-0.39, 0.29) is 0 Å². The second-order valence-electron chi connectivity index (χ2n) is 3.44. The zero-order chi connectivity index (χ0) is 9.26. The second-order valence-corrected chi connectivity index (χ2v) is 3.44. The van der Waals surface area contributed by atoms with Crippen LogP contribution in [-0.4, -0.2) is 9.38 Å². The van der Waals surface area contributed by atoms with Gasteiger partial charge in [0.05, 0.1) is 6.33 Å². The molecule has 0 saturated heterocycles. The maximum atomic E-state index is 4.13. The summed E-state index contributed by atoms with van der Waals surface area (Å²) in [6.07, 6.45) is 4.88. The molecule has 2 heterocycles. The van der Waals surface area contributed by atoms with Crippen molar-refractivity contribution in [3.8, 4) is 0 Å². The highest BCUT2D eigenvalue weighted by atomic mass is 15.0. The van der Waals surface area contributed by atoms with Crippen molar-refractivity contribution in [2.24, 2.45) is 0 Å². The molecule has 0 saturated carbocycles. The van der Waals surface area contributed by atoms with Gasteiger partial charge in [-0.1, -0.05) is 13.8 Å². The SMILES string of the molecule is CCC(C)c1ccc2ccncn12. The van der Waals surface area contributed by atoms with Crippen LogP contribution in [0.1, 0.15) is 31.9 Å². The highest BCUT2D eigenvalue weighted by Crippen LogP contribution is 2.20. The van der Waals surface area contributed by atoms with Gasteiger partial charge in [0.1, 0.15) is 0 Å². The Morgan fingerprint density at radius 2 is 2.23 bits per heavy atom. The average Bonchev–Trinajstić information content (AvgIpc) is 2.60. The number of hydrogen-bond acceptors (Lipinski definition) is 1. The van der Waals surface area contributed by atoms with Gasteiger partial charge in [-0.15, -0.1) is 0 Å². The Labute approximate surface area is 78.2 Å². The molecule has 1 unspecified atom stereocenters. The van der Waals surface area contributed by atoms with Crippen LogP contribution in [0, 0.1) is 0 Å². The van der Waals surface area contributed by atoms with Crippen LogP contribution in [-0.2, 0) is 0 Å². The van der Waals surface area contributed by atoms with Gasteiger partial charge < -0.3 is 4.40 Å². The van der Waals surface area contributed by atoms with Gasteiger partial charge in [-0.25, -0.2) is 4.98 Å². The smallest absolute Gasteiger partial charge is 0.0992 e. The summed E-state index contributed by atoms with van der Waals surface area (Å²) in [6, 6.07) is 6.36. The van der Waals surface area contributed by atoms with Crippen molar-refractivity contribution in [1.29, 1.82) is 0 Å². The van der Waals surface area contributed by atoms with Crippen LogP contribution in [0.15, 0.2) is 30.7 Å².